The van der Waals surface area contributed by atoms with Crippen molar-refractivity contribution in [2.75, 3.05) is 0 Å². The molecule has 0 unspecified atom stereocenters. The summed E-state index contributed by atoms with van der Waals surface area (Å²) in [5.41, 5.74) is -0.880. The summed E-state index contributed by atoms with van der Waals surface area (Å²) in [6, 6.07) is 2.12. The van der Waals surface area contributed by atoms with Crippen molar-refractivity contribution >= 4 is 24.5 Å². The van der Waals surface area contributed by atoms with Crippen molar-refractivity contribution in [2.24, 2.45) is 0 Å². The van der Waals surface area contributed by atoms with Crippen molar-refractivity contribution in [3.05, 3.63) is 29.1 Å². The summed E-state index contributed by atoms with van der Waals surface area (Å²) in [5, 5.41) is 0. The molecule has 1 saturated heterocycles. The summed E-state index contributed by atoms with van der Waals surface area (Å²) in [6.07, 6.45) is 0. The second-order valence-corrected chi connectivity index (χ2v) is 9.76. The number of benzene rings is 1. The minimum Gasteiger partial charge on any atom is -0.458 e. The monoisotopic (exact) mass is 405 g/mol. The van der Waals surface area contributed by atoms with Gasteiger partial charge in [-0.05, 0) is 73.0 Å². The van der Waals surface area contributed by atoms with E-state index in [0.29, 0.717) is 5.46 Å². The van der Waals surface area contributed by atoms with Crippen molar-refractivity contribution in [3.63, 3.8) is 0 Å². The third-order valence-electron chi connectivity index (χ3n) is 5.78. The molecule has 1 fully saturated rings. The third kappa shape index (κ3) is 3.92. The molecule has 8 heteroatoms. The highest BCUT2D eigenvalue weighted by atomic mass is 19.1. The minimum absolute atomic E-state index is 0.0179. The lowest BCUT2D eigenvalue weighted by Gasteiger charge is -2.32. The molecule has 1 aromatic carbocycles. The van der Waals surface area contributed by atoms with E-state index in [2.05, 4.69) is 0 Å². The Hall–Kier alpha value is -1.93. The van der Waals surface area contributed by atoms with E-state index in [9.17, 15) is 14.0 Å². The molecule has 29 heavy (non-hydrogen) atoms. The van der Waals surface area contributed by atoms with Crippen LogP contribution < -0.4 is 5.46 Å². The van der Waals surface area contributed by atoms with Gasteiger partial charge in [-0.2, -0.15) is 0 Å². The van der Waals surface area contributed by atoms with Crippen LogP contribution in [0.5, 0.6) is 0 Å². The van der Waals surface area contributed by atoms with Gasteiger partial charge in [0, 0.05) is 11.1 Å². The third-order valence-corrected chi connectivity index (χ3v) is 5.78. The highest BCUT2D eigenvalue weighted by Gasteiger charge is 2.52. The highest BCUT2D eigenvalue weighted by Crippen LogP contribution is 2.37. The Kier molecular flexibility index (Phi) is 5.11. The molecule has 6 nitrogen and oxygen atoms in total. The van der Waals surface area contributed by atoms with Crippen LogP contribution in [0.15, 0.2) is 12.1 Å². The summed E-state index contributed by atoms with van der Waals surface area (Å²) >= 11 is 0. The van der Waals surface area contributed by atoms with E-state index in [-0.39, 0.29) is 17.7 Å². The molecule has 158 valence electrons. The Bertz CT molecular complexity index is 845. The molecular weight excluding hydrogens is 376 g/mol. The molecule has 0 saturated carbocycles. The van der Waals surface area contributed by atoms with Gasteiger partial charge in [-0.1, -0.05) is 0 Å². The first-order valence-electron chi connectivity index (χ1n) is 9.85. The Labute approximate surface area is 171 Å². The van der Waals surface area contributed by atoms with Gasteiger partial charge in [-0.25, -0.2) is 9.18 Å². The molecule has 0 N–H and O–H groups in total. The Morgan fingerprint density at radius 1 is 1.21 bits per heavy atom. The predicted molar refractivity (Wildman–Crippen MR) is 107 cm³/mol. The van der Waals surface area contributed by atoms with Gasteiger partial charge < -0.3 is 18.9 Å². The van der Waals surface area contributed by atoms with Crippen molar-refractivity contribution in [1.29, 1.82) is 0 Å². The highest BCUT2D eigenvalue weighted by molar-refractivity contribution is 6.62. The van der Waals surface area contributed by atoms with Crippen LogP contribution in [0.3, 0.4) is 0 Å². The normalized spacial score (nSPS) is 21.3. The number of halogens is 1. The fraction of sp³-hybridized carbons (Fsp3) is 0.619. The van der Waals surface area contributed by atoms with Crippen LogP contribution >= 0.6 is 0 Å². The largest absolute Gasteiger partial charge is 0.494 e. The molecule has 3 rings (SSSR count). The van der Waals surface area contributed by atoms with Crippen LogP contribution in [0, 0.1) is 5.82 Å². The molecule has 0 spiro atoms. The fourth-order valence-corrected chi connectivity index (χ4v) is 3.35. The number of nitrogens with zero attached hydrogens (tertiary/aromatic N) is 1. The molecule has 0 aromatic heterocycles. The average Bonchev–Trinajstić information content (AvgIpc) is 2.99. The molecule has 1 amide bonds. The molecule has 2 heterocycles. The average molecular weight is 405 g/mol. The maximum absolute atomic E-state index is 14.9. The molecular formula is C21H29BFNO5. The van der Waals surface area contributed by atoms with Gasteiger partial charge in [0.25, 0.3) is 5.91 Å². The zero-order valence-corrected chi connectivity index (χ0v) is 18.4. The lowest BCUT2D eigenvalue weighted by molar-refractivity contribution is -0.159. The van der Waals surface area contributed by atoms with Crippen LogP contribution in [-0.4, -0.2) is 46.7 Å². The first kappa shape index (κ1) is 21.8. The number of hydrogen-bond acceptors (Lipinski definition) is 5. The molecule has 0 aliphatic carbocycles. The van der Waals surface area contributed by atoms with E-state index in [0.717, 1.165) is 0 Å². The zero-order chi connectivity index (χ0) is 21.9. The van der Waals surface area contributed by atoms with Crippen molar-refractivity contribution in [2.45, 2.75) is 84.8 Å². The summed E-state index contributed by atoms with van der Waals surface area (Å²) in [6.45, 7) is 14.5. The van der Waals surface area contributed by atoms with E-state index in [1.165, 1.54) is 11.0 Å². The Morgan fingerprint density at radius 2 is 1.76 bits per heavy atom. The smallest absolute Gasteiger partial charge is 0.458 e. The molecule has 0 bridgehead atoms. The van der Waals surface area contributed by atoms with Crippen LogP contribution in [0.1, 0.15) is 71.3 Å². The van der Waals surface area contributed by atoms with E-state index in [4.69, 9.17) is 14.0 Å². The van der Waals surface area contributed by atoms with Gasteiger partial charge in [0.15, 0.2) is 0 Å². The molecule has 0 radical (unpaired) electrons. The van der Waals surface area contributed by atoms with Crippen LogP contribution in [0.2, 0.25) is 0 Å². The van der Waals surface area contributed by atoms with E-state index < -0.39 is 47.7 Å². The van der Waals surface area contributed by atoms with Crippen LogP contribution in [0.4, 0.5) is 4.39 Å². The van der Waals surface area contributed by atoms with Crippen LogP contribution in [0.25, 0.3) is 0 Å². The first-order chi connectivity index (χ1) is 13.1. The van der Waals surface area contributed by atoms with Gasteiger partial charge in [0.05, 0.1) is 17.7 Å². The lowest BCUT2D eigenvalue weighted by atomic mass is 9.77. The number of carbonyl (C=O) groups excluding carboxylic acids is 2. The van der Waals surface area contributed by atoms with Gasteiger partial charge in [0.1, 0.15) is 17.5 Å². The summed E-state index contributed by atoms with van der Waals surface area (Å²) in [4.78, 5) is 26.7. The van der Waals surface area contributed by atoms with Gasteiger partial charge in [-0.3, -0.25) is 4.79 Å². The number of esters is 1. The minimum atomic E-state index is -0.825. The number of fused-ring (bicyclic) bond motifs is 1. The van der Waals surface area contributed by atoms with Crippen molar-refractivity contribution in [3.8, 4) is 0 Å². The Morgan fingerprint density at radius 3 is 2.28 bits per heavy atom. The standard InChI is InChI=1S/C21H29BFNO5/c1-12(18(26)27-19(2,3)4)24-11-15-14(17(24)25)9-13(10-16(15)23)22-28-20(5,6)21(7,8)29-22/h9-10,12H,11H2,1-8H3/t12-/m1/s1. The van der Waals surface area contributed by atoms with Gasteiger partial charge >= 0.3 is 13.1 Å². The second kappa shape index (κ2) is 6.81. The molecule has 2 aliphatic heterocycles. The number of carbonyl (C=O) groups is 2. The Balaban J connectivity index is 1.86. The van der Waals surface area contributed by atoms with Gasteiger partial charge in [-0.15, -0.1) is 0 Å². The zero-order valence-electron chi connectivity index (χ0n) is 18.4. The maximum Gasteiger partial charge on any atom is 0.494 e. The number of hydrogen-bond donors (Lipinski definition) is 0. The van der Waals surface area contributed by atoms with Gasteiger partial charge in [0.2, 0.25) is 0 Å². The predicted octanol–water partition coefficient (Wildman–Crippen LogP) is 2.81. The second-order valence-electron chi connectivity index (χ2n) is 9.76. The maximum atomic E-state index is 14.9. The van der Waals surface area contributed by atoms with E-state index in [1.807, 2.05) is 27.7 Å². The van der Waals surface area contributed by atoms with E-state index in [1.54, 1.807) is 33.8 Å². The topological polar surface area (TPSA) is 65.1 Å². The summed E-state index contributed by atoms with van der Waals surface area (Å²) in [5.74, 6) is -1.44. The fourth-order valence-electron chi connectivity index (χ4n) is 3.35. The molecule has 1 aromatic rings. The van der Waals surface area contributed by atoms with Crippen molar-refractivity contribution in [1.82, 2.24) is 4.90 Å². The molecule has 1 atom stereocenters. The first-order valence-corrected chi connectivity index (χ1v) is 9.85. The number of rotatable bonds is 3. The summed E-state index contributed by atoms with van der Waals surface area (Å²) < 4.78 is 32.2. The number of amides is 1. The molecule has 2 aliphatic rings. The summed E-state index contributed by atoms with van der Waals surface area (Å²) in [7, 11) is -0.773. The van der Waals surface area contributed by atoms with Crippen LogP contribution in [-0.2, 0) is 25.4 Å². The van der Waals surface area contributed by atoms with Crippen molar-refractivity contribution < 1.29 is 28.0 Å². The lowest BCUT2D eigenvalue weighted by Crippen LogP contribution is -2.42. The number of ether oxygens (including phenoxy) is 1. The quantitative estimate of drug-likeness (QED) is 0.572. The SMILES string of the molecule is C[C@H](C(=O)OC(C)(C)C)N1Cc2c(F)cc(B3OC(C)(C)C(C)(C)O3)cc2C1=O. The van der Waals surface area contributed by atoms with E-state index >= 15 is 0 Å².